The maximum Gasteiger partial charge on any atom is 0.220 e. The molecule has 6 heteroatoms. The number of pyridine rings is 1. The van der Waals surface area contributed by atoms with Crippen LogP contribution in [0.4, 0.5) is 0 Å². The van der Waals surface area contributed by atoms with Crippen molar-refractivity contribution in [3.05, 3.63) is 36.2 Å². The third kappa shape index (κ3) is 4.89. The molecule has 2 atom stereocenters. The summed E-state index contributed by atoms with van der Waals surface area (Å²) >= 11 is 0. The largest absolute Gasteiger partial charge is 0.354 e. The number of rotatable bonds is 6. The number of carbonyl (C=O) groups is 1. The van der Waals surface area contributed by atoms with Crippen LogP contribution in [0.25, 0.3) is 11.5 Å². The first-order valence-corrected chi connectivity index (χ1v) is 8.99. The average Bonchev–Trinajstić information content (AvgIpc) is 3.05. The molecule has 1 fully saturated rings. The maximum absolute atomic E-state index is 12.1. The number of hydrogen-bond donors (Lipinski definition) is 2. The lowest BCUT2D eigenvalue weighted by atomic mass is 9.81. The van der Waals surface area contributed by atoms with Gasteiger partial charge in [-0.25, -0.2) is 0 Å². The zero-order valence-electron chi connectivity index (χ0n) is 14.9. The predicted molar refractivity (Wildman–Crippen MR) is 95.8 cm³/mol. The average molecular weight is 342 g/mol. The van der Waals surface area contributed by atoms with Gasteiger partial charge in [0.25, 0.3) is 0 Å². The van der Waals surface area contributed by atoms with Crippen molar-refractivity contribution in [1.82, 2.24) is 20.8 Å². The Labute approximate surface area is 148 Å². The Morgan fingerprint density at radius 2 is 2.28 bits per heavy atom. The first-order chi connectivity index (χ1) is 12.1. The van der Waals surface area contributed by atoms with Gasteiger partial charge in [0.1, 0.15) is 5.69 Å². The van der Waals surface area contributed by atoms with Crippen molar-refractivity contribution < 1.29 is 9.32 Å². The molecule has 1 saturated heterocycles. The molecule has 3 rings (SSSR count). The summed E-state index contributed by atoms with van der Waals surface area (Å²) in [5, 5.41) is 10.6. The van der Waals surface area contributed by atoms with Gasteiger partial charge in [0.05, 0.1) is 5.69 Å². The van der Waals surface area contributed by atoms with Crippen LogP contribution in [0.5, 0.6) is 0 Å². The summed E-state index contributed by atoms with van der Waals surface area (Å²) in [6.07, 6.45) is 4.14. The van der Waals surface area contributed by atoms with E-state index in [1.807, 2.05) is 38.1 Å². The fraction of sp³-hybridized carbons (Fsp3) is 0.526. The number of aromatic nitrogens is 2. The number of amides is 1. The Bertz CT molecular complexity index is 684. The molecule has 3 heterocycles. The number of nitrogens with zero attached hydrogens (tertiary/aromatic N) is 2. The van der Waals surface area contributed by atoms with Gasteiger partial charge in [0.15, 0.2) is 5.76 Å². The monoisotopic (exact) mass is 342 g/mol. The summed E-state index contributed by atoms with van der Waals surface area (Å²) in [6.45, 7) is 5.86. The SMILES string of the molecule is CC(C)NC(=O)C[C@H]1CCNC[C@@H]1Cc1cc(-c2ccccn2)on1. The van der Waals surface area contributed by atoms with E-state index in [1.165, 1.54) is 0 Å². The predicted octanol–water partition coefficient (Wildman–Crippen LogP) is 2.42. The molecule has 0 saturated carbocycles. The van der Waals surface area contributed by atoms with E-state index in [0.29, 0.717) is 24.0 Å². The van der Waals surface area contributed by atoms with Crippen LogP contribution in [-0.2, 0) is 11.2 Å². The molecule has 2 aromatic rings. The molecule has 0 unspecified atom stereocenters. The van der Waals surface area contributed by atoms with Gasteiger partial charge in [-0.2, -0.15) is 0 Å². The van der Waals surface area contributed by atoms with Crippen molar-refractivity contribution in [3.63, 3.8) is 0 Å². The molecule has 0 spiro atoms. The van der Waals surface area contributed by atoms with Crippen LogP contribution < -0.4 is 10.6 Å². The molecule has 0 aromatic carbocycles. The van der Waals surface area contributed by atoms with Crippen molar-refractivity contribution in [2.75, 3.05) is 13.1 Å². The van der Waals surface area contributed by atoms with Gasteiger partial charge in [0.2, 0.25) is 5.91 Å². The molecule has 1 amide bonds. The minimum absolute atomic E-state index is 0.140. The van der Waals surface area contributed by atoms with Crippen molar-refractivity contribution in [1.29, 1.82) is 0 Å². The third-order valence-corrected chi connectivity index (χ3v) is 4.61. The van der Waals surface area contributed by atoms with Crippen molar-refractivity contribution in [3.8, 4) is 11.5 Å². The van der Waals surface area contributed by atoms with Crippen LogP contribution >= 0.6 is 0 Å². The second-order valence-electron chi connectivity index (χ2n) is 7.04. The fourth-order valence-electron chi connectivity index (χ4n) is 3.41. The minimum Gasteiger partial charge on any atom is -0.354 e. The van der Waals surface area contributed by atoms with Crippen molar-refractivity contribution >= 4 is 5.91 Å². The molecule has 2 aromatic heterocycles. The third-order valence-electron chi connectivity index (χ3n) is 4.61. The number of carbonyl (C=O) groups excluding carboxylic acids is 1. The fourth-order valence-corrected chi connectivity index (χ4v) is 3.41. The number of nitrogens with one attached hydrogen (secondary N) is 2. The summed E-state index contributed by atoms with van der Waals surface area (Å²) in [5.74, 6) is 1.58. The molecule has 134 valence electrons. The highest BCUT2D eigenvalue weighted by Crippen LogP contribution is 2.27. The van der Waals surface area contributed by atoms with E-state index < -0.39 is 0 Å². The molecule has 0 bridgehead atoms. The second kappa shape index (κ2) is 8.25. The minimum atomic E-state index is 0.140. The number of hydrogen-bond acceptors (Lipinski definition) is 5. The van der Waals surface area contributed by atoms with E-state index >= 15 is 0 Å². The van der Waals surface area contributed by atoms with Crippen LogP contribution in [-0.4, -0.2) is 35.2 Å². The summed E-state index contributed by atoms with van der Waals surface area (Å²) in [7, 11) is 0. The van der Waals surface area contributed by atoms with Gasteiger partial charge in [-0.05, 0) is 63.7 Å². The highest BCUT2D eigenvalue weighted by Gasteiger charge is 2.28. The summed E-state index contributed by atoms with van der Waals surface area (Å²) < 4.78 is 5.45. The zero-order valence-corrected chi connectivity index (χ0v) is 14.9. The Morgan fingerprint density at radius 1 is 1.40 bits per heavy atom. The van der Waals surface area contributed by atoms with Crippen LogP contribution in [0.2, 0.25) is 0 Å². The Balaban J connectivity index is 1.64. The smallest absolute Gasteiger partial charge is 0.220 e. The van der Waals surface area contributed by atoms with E-state index in [4.69, 9.17) is 4.52 Å². The second-order valence-corrected chi connectivity index (χ2v) is 7.04. The topological polar surface area (TPSA) is 80.0 Å². The summed E-state index contributed by atoms with van der Waals surface area (Å²) in [5.41, 5.74) is 1.71. The van der Waals surface area contributed by atoms with Gasteiger partial charge in [-0.3, -0.25) is 9.78 Å². The van der Waals surface area contributed by atoms with Crippen LogP contribution in [0, 0.1) is 11.8 Å². The highest BCUT2D eigenvalue weighted by molar-refractivity contribution is 5.76. The molecule has 1 aliphatic rings. The van der Waals surface area contributed by atoms with E-state index in [-0.39, 0.29) is 11.9 Å². The Kier molecular flexibility index (Phi) is 5.81. The van der Waals surface area contributed by atoms with E-state index in [0.717, 1.165) is 37.3 Å². The van der Waals surface area contributed by atoms with Crippen LogP contribution in [0.3, 0.4) is 0 Å². The molecule has 0 radical (unpaired) electrons. The molecule has 25 heavy (non-hydrogen) atoms. The van der Waals surface area contributed by atoms with E-state index in [9.17, 15) is 4.79 Å². The Morgan fingerprint density at radius 3 is 3.04 bits per heavy atom. The number of piperidine rings is 1. The normalized spacial score (nSPS) is 20.6. The lowest BCUT2D eigenvalue weighted by Gasteiger charge is -2.31. The lowest BCUT2D eigenvalue weighted by molar-refractivity contribution is -0.123. The van der Waals surface area contributed by atoms with Crippen LogP contribution in [0.1, 0.15) is 32.4 Å². The van der Waals surface area contributed by atoms with Gasteiger partial charge >= 0.3 is 0 Å². The molecule has 6 nitrogen and oxygen atoms in total. The van der Waals surface area contributed by atoms with Gasteiger partial charge in [-0.1, -0.05) is 11.2 Å². The van der Waals surface area contributed by atoms with Crippen LogP contribution in [0.15, 0.2) is 35.0 Å². The highest BCUT2D eigenvalue weighted by atomic mass is 16.5. The lowest BCUT2D eigenvalue weighted by Crippen LogP contribution is -2.41. The van der Waals surface area contributed by atoms with Gasteiger partial charge in [0, 0.05) is 24.7 Å². The van der Waals surface area contributed by atoms with Gasteiger partial charge in [-0.15, -0.1) is 0 Å². The molecule has 2 N–H and O–H groups in total. The first-order valence-electron chi connectivity index (χ1n) is 8.99. The molecular weight excluding hydrogens is 316 g/mol. The summed E-state index contributed by atoms with van der Waals surface area (Å²) in [6, 6.07) is 7.86. The maximum atomic E-state index is 12.1. The van der Waals surface area contributed by atoms with Crippen molar-refractivity contribution in [2.24, 2.45) is 11.8 Å². The quantitative estimate of drug-likeness (QED) is 0.843. The zero-order chi connectivity index (χ0) is 17.6. The van der Waals surface area contributed by atoms with E-state index in [2.05, 4.69) is 20.8 Å². The van der Waals surface area contributed by atoms with E-state index in [1.54, 1.807) is 6.20 Å². The standard InChI is InChI=1S/C19H26N4O2/c1-13(2)22-19(24)10-14-6-8-20-12-15(14)9-16-11-18(25-23-16)17-5-3-4-7-21-17/h3-5,7,11,13-15,20H,6,8-10,12H2,1-2H3,(H,22,24)/t14-,15+/m1/s1. The first kappa shape index (κ1) is 17.6. The molecule has 0 aliphatic carbocycles. The molecular formula is C19H26N4O2. The van der Waals surface area contributed by atoms with Crippen molar-refractivity contribution in [2.45, 2.75) is 39.2 Å². The molecule has 1 aliphatic heterocycles. The summed E-state index contributed by atoms with van der Waals surface area (Å²) in [4.78, 5) is 16.4. The Hall–Kier alpha value is -2.21. The van der Waals surface area contributed by atoms with Gasteiger partial charge < -0.3 is 15.2 Å².